The SMILES string of the molecule is [O]N1C2CCCC1C(O)C2. The van der Waals surface area contributed by atoms with E-state index in [2.05, 4.69) is 0 Å². The lowest BCUT2D eigenvalue weighted by molar-refractivity contribution is -0.212. The Bertz CT molecular complexity index is 140. The summed E-state index contributed by atoms with van der Waals surface area (Å²) in [7, 11) is 0. The van der Waals surface area contributed by atoms with Gasteiger partial charge in [0.15, 0.2) is 0 Å². The summed E-state index contributed by atoms with van der Waals surface area (Å²) >= 11 is 0. The minimum Gasteiger partial charge on any atom is -0.391 e. The number of piperidine rings is 1. The predicted molar refractivity (Wildman–Crippen MR) is 34.6 cm³/mol. The number of nitrogens with zero attached hydrogens (tertiary/aromatic N) is 1. The topological polar surface area (TPSA) is 43.4 Å². The molecule has 2 saturated heterocycles. The molecule has 2 aliphatic rings. The molecule has 0 aliphatic carbocycles. The molecule has 2 aliphatic heterocycles. The molecule has 3 heteroatoms. The van der Waals surface area contributed by atoms with Crippen LogP contribution in [0.15, 0.2) is 0 Å². The summed E-state index contributed by atoms with van der Waals surface area (Å²) in [5.74, 6) is 0. The summed E-state index contributed by atoms with van der Waals surface area (Å²) in [6, 6.07) is 0.0625. The maximum Gasteiger partial charge on any atom is 0.0735 e. The highest BCUT2D eigenvalue weighted by molar-refractivity contribution is 4.93. The Balaban J connectivity index is 2.14. The first kappa shape index (κ1) is 6.58. The Morgan fingerprint density at radius 1 is 1.40 bits per heavy atom. The van der Waals surface area contributed by atoms with Crippen LogP contribution in [-0.4, -0.2) is 28.4 Å². The van der Waals surface area contributed by atoms with Crippen molar-refractivity contribution < 1.29 is 10.3 Å². The molecule has 3 nitrogen and oxygen atoms in total. The molecule has 1 N–H and O–H groups in total. The van der Waals surface area contributed by atoms with Gasteiger partial charge in [-0.05, 0) is 19.3 Å². The lowest BCUT2D eigenvalue weighted by Gasteiger charge is -2.26. The zero-order valence-corrected chi connectivity index (χ0v) is 5.86. The van der Waals surface area contributed by atoms with E-state index < -0.39 is 0 Å². The third-order valence-corrected chi connectivity index (χ3v) is 2.68. The van der Waals surface area contributed by atoms with E-state index in [-0.39, 0.29) is 18.2 Å². The van der Waals surface area contributed by atoms with E-state index in [1.807, 2.05) is 0 Å². The third-order valence-electron chi connectivity index (χ3n) is 2.68. The first-order valence-corrected chi connectivity index (χ1v) is 3.92. The smallest absolute Gasteiger partial charge is 0.0735 e. The van der Waals surface area contributed by atoms with Gasteiger partial charge >= 0.3 is 0 Å². The van der Waals surface area contributed by atoms with Crippen LogP contribution in [0.25, 0.3) is 0 Å². The average molecular weight is 142 g/mol. The Kier molecular flexibility index (Phi) is 1.44. The maximum absolute atomic E-state index is 11.2. The van der Waals surface area contributed by atoms with Crippen molar-refractivity contribution in [2.24, 2.45) is 0 Å². The van der Waals surface area contributed by atoms with Gasteiger partial charge in [-0.15, -0.1) is 10.3 Å². The molecule has 0 aromatic heterocycles. The van der Waals surface area contributed by atoms with Crippen LogP contribution < -0.4 is 0 Å². The molecule has 2 rings (SSSR count). The number of aliphatic hydroxyl groups is 1. The molecular weight excluding hydrogens is 130 g/mol. The summed E-state index contributed by atoms with van der Waals surface area (Å²) in [6.45, 7) is 0. The highest BCUT2D eigenvalue weighted by Crippen LogP contribution is 2.34. The summed E-state index contributed by atoms with van der Waals surface area (Å²) in [5, 5.41) is 21.6. The van der Waals surface area contributed by atoms with Crippen LogP contribution in [-0.2, 0) is 5.21 Å². The largest absolute Gasteiger partial charge is 0.391 e. The molecule has 3 unspecified atom stereocenters. The van der Waals surface area contributed by atoms with Crippen molar-refractivity contribution in [3.63, 3.8) is 0 Å². The van der Waals surface area contributed by atoms with E-state index in [4.69, 9.17) is 0 Å². The van der Waals surface area contributed by atoms with Crippen LogP contribution in [0.3, 0.4) is 0 Å². The molecule has 3 atom stereocenters. The minimum absolute atomic E-state index is 0.0706. The highest BCUT2D eigenvalue weighted by atomic mass is 16.5. The van der Waals surface area contributed by atoms with Gasteiger partial charge in [0.1, 0.15) is 0 Å². The standard InChI is InChI=1S/C7H12NO2/c9-7-4-5-2-1-3-6(7)8(5)10/h5-7,9H,1-4H2. The maximum atomic E-state index is 11.2. The van der Waals surface area contributed by atoms with Gasteiger partial charge in [-0.1, -0.05) is 6.42 Å². The van der Waals surface area contributed by atoms with Gasteiger partial charge in [0.05, 0.1) is 12.1 Å². The fraction of sp³-hybridized carbons (Fsp3) is 1.00. The summed E-state index contributed by atoms with van der Waals surface area (Å²) < 4.78 is 0. The monoisotopic (exact) mass is 142 g/mol. The zero-order chi connectivity index (χ0) is 7.14. The first-order chi connectivity index (χ1) is 4.79. The van der Waals surface area contributed by atoms with Crippen molar-refractivity contribution >= 4 is 0 Å². The summed E-state index contributed by atoms with van der Waals surface area (Å²) in [5.41, 5.74) is 0. The lowest BCUT2D eigenvalue weighted by atomic mass is 10.1. The quantitative estimate of drug-likeness (QED) is 0.529. The van der Waals surface area contributed by atoms with Gasteiger partial charge < -0.3 is 5.11 Å². The van der Waals surface area contributed by atoms with Crippen LogP contribution in [0.2, 0.25) is 0 Å². The Labute approximate surface area is 60.2 Å². The van der Waals surface area contributed by atoms with Gasteiger partial charge in [0.2, 0.25) is 0 Å². The van der Waals surface area contributed by atoms with E-state index in [1.165, 1.54) is 0 Å². The van der Waals surface area contributed by atoms with Gasteiger partial charge in [-0.3, -0.25) is 0 Å². The average Bonchev–Trinajstić information content (AvgIpc) is 2.16. The van der Waals surface area contributed by atoms with Crippen LogP contribution in [0, 0.1) is 0 Å². The second-order valence-electron chi connectivity index (χ2n) is 3.32. The summed E-state index contributed by atoms with van der Waals surface area (Å²) in [6.07, 6.45) is 3.35. The van der Waals surface area contributed by atoms with Crippen molar-refractivity contribution in [1.29, 1.82) is 0 Å². The van der Waals surface area contributed by atoms with Crippen LogP contribution in [0.4, 0.5) is 0 Å². The third kappa shape index (κ3) is 0.779. The molecule has 1 radical (unpaired) electrons. The summed E-state index contributed by atoms with van der Waals surface area (Å²) in [4.78, 5) is 0. The van der Waals surface area contributed by atoms with Gasteiger partial charge in [0.25, 0.3) is 0 Å². The van der Waals surface area contributed by atoms with Crippen molar-refractivity contribution in [1.82, 2.24) is 5.06 Å². The number of hydrogen-bond donors (Lipinski definition) is 1. The normalized spacial score (nSPS) is 48.0. The molecular formula is C7H12NO2. The van der Waals surface area contributed by atoms with Crippen molar-refractivity contribution in [2.45, 2.75) is 43.9 Å². The molecule has 2 fully saturated rings. The molecule has 2 bridgehead atoms. The van der Waals surface area contributed by atoms with E-state index in [0.29, 0.717) is 6.42 Å². The highest BCUT2D eigenvalue weighted by Gasteiger charge is 2.43. The molecule has 57 valence electrons. The zero-order valence-electron chi connectivity index (χ0n) is 5.86. The number of aliphatic hydroxyl groups excluding tert-OH is 1. The molecule has 0 aromatic rings. The van der Waals surface area contributed by atoms with E-state index in [0.717, 1.165) is 24.3 Å². The lowest BCUT2D eigenvalue weighted by Crippen LogP contribution is -2.38. The fourth-order valence-corrected chi connectivity index (χ4v) is 2.11. The van der Waals surface area contributed by atoms with Crippen LogP contribution >= 0.6 is 0 Å². The second-order valence-corrected chi connectivity index (χ2v) is 3.32. The van der Waals surface area contributed by atoms with Crippen molar-refractivity contribution in [3.05, 3.63) is 0 Å². The molecule has 2 heterocycles. The fourth-order valence-electron chi connectivity index (χ4n) is 2.11. The number of hydrogen-bond acceptors (Lipinski definition) is 2. The van der Waals surface area contributed by atoms with Gasteiger partial charge in [-0.25, -0.2) is 0 Å². The Morgan fingerprint density at radius 2 is 2.20 bits per heavy atom. The molecule has 0 aromatic carbocycles. The number of rotatable bonds is 0. The van der Waals surface area contributed by atoms with E-state index in [1.54, 1.807) is 0 Å². The van der Waals surface area contributed by atoms with Crippen molar-refractivity contribution in [3.8, 4) is 0 Å². The molecule has 0 spiro atoms. The predicted octanol–water partition coefficient (Wildman–Crippen LogP) is 0.320. The van der Waals surface area contributed by atoms with Crippen LogP contribution in [0.5, 0.6) is 0 Å². The van der Waals surface area contributed by atoms with E-state index in [9.17, 15) is 10.3 Å². The van der Waals surface area contributed by atoms with Gasteiger partial charge in [-0.2, -0.15) is 0 Å². The van der Waals surface area contributed by atoms with Crippen molar-refractivity contribution in [2.75, 3.05) is 0 Å². The molecule has 0 saturated carbocycles. The molecule has 10 heavy (non-hydrogen) atoms. The number of fused-ring (bicyclic) bond motifs is 2. The number of hydroxylamine groups is 2. The van der Waals surface area contributed by atoms with E-state index >= 15 is 0 Å². The Morgan fingerprint density at radius 3 is 2.80 bits per heavy atom. The minimum atomic E-state index is -0.343. The Hall–Kier alpha value is -0.120. The second kappa shape index (κ2) is 2.19. The van der Waals surface area contributed by atoms with Gasteiger partial charge in [0, 0.05) is 6.04 Å². The molecule has 0 amide bonds. The first-order valence-electron chi connectivity index (χ1n) is 3.92. The van der Waals surface area contributed by atoms with Crippen LogP contribution in [0.1, 0.15) is 25.7 Å².